The molecule has 20 heavy (non-hydrogen) atoms. The number of aromatic nitrogens is 1. The number of benzene rings is 1. The molecular weight excluding hydrogens is 292 g/mol. The van der Waals surface area contributed by atoms with E-state index in [1.165, 1.54) is 10.4 Å². The molecule has 2 heterocycles. The van der Waals surface area contributed by atoms with Crippen molar-refractivity contribution >= 4 is 39.9 Å². The van der Waals surface area contributed by atoms with E-state index in [-0.39, 0.29) is 5.25 Å². The lowest BCUT2D eigenvalue weighted by Crippen LogP contribution is -2.36. The molecule has 1 aromatic heterocycles. The molecule has 1 saturated heterocycles. The second-order valence-corrected chi connectivity index (χ2v) is 6.60. The topological polar surface area (TPSA) is 34.6 Å². The summed E-state index contributed by atoms with van der Waals surface area (Å²) >= 11 is 6.20. The Balaban J connectivity index is 2.12. The molecule has 0 amide bonds. The molecule has 1 aliphatic heterocycles. The van der Waals surface area contributed by atoms with Gasteiger partial charge in [0.1, 0.15) is 16.3 Å². The number of nitrogens with zero attached hydrogens (tertiary/aromatic N) is 2. The summed E-state index contributed by atoms with van der Waals surface area (Å²) in [6.45, 7) is 5.45. The van der Waals surface area contributed by atoms with Crippen LogP contribution in [-0.4, -0.2) is 38.4 Å². The van der Waals surface area contributed by atoms with Crippen LogP contribution in [0.15, 0.2) is 12.1 Å². The van der Waals surface area contributed by atoms with E-state index in [0.717, 1.165) is 42.6 Å². The molecule has 2 aromatic rings. The number of methoxy groups -OCH3 is 1. The van der Waals surface area contributed by atoms with Crippen molar-refractivity contribution in [2.75, 3.05) is 38.3 Å². The number of morpholine rings is 1. The SMILES string of the molecule is COc1ccc(N2CCOCC2)c2sc(C(C)S)nc12. The van der Waals surface area contributed by atoms with Gasteiger partial charge in [-0.1, -0.05) is 0 Å². The first-order valence-electron chi connectivity index (χ1n) is 6.69. The number of anilines is 1. The zero-order valence-electron chi connectivity index (χ0n) is 11.6. The van der Waals surface area contributed by atoms with Crippen molar-refractivity contribution in [2.24, 2.45) is 0 Å². The Hall–Kier alpha value is -0.980. The minimum Gasteiger partial charge on any atom is -0.494 e. The van der Waals surface area contributed by atoms with Crippen molar-refractivity contribution < 1.29 is 9.47 Å². The molecule has 0 aliphatic carbocycles. The van der Waals surface area contributed by atoms with E-state index < -0.39 is 0 Å². The second kappa shape index (κ2) is 5.79. The van der Waals surface area contributed by atoms with Crippen molar-refractivity contribution in [3.63, 3.8) is 0 Å². The fourth-order valence-electron chi connectivity index (χ4n) is 2.38. The van der Waals surface area contributed by atoms with Gasteiger partial charge in [-0.05, 0) is 19.1 Å². The number of hydrogen-bond acceptors (Lipinski definition) is 6. The van der Waals surface area contributed by atoms with Gasteiger partial charge in [-0.3, -0.25) is 0 Å². The maximum absolute atomic E-state index is 5.44. The number of fused-ring (bicyclic) bond motifs is 1. The lowest BCUT2D eigenvalue weighted by molar-refractivity contribution is 0.123. The van der Waals surface area contributed by atoms with Crippen LogP contribution in [0.1, 0.15) is 17.2 Å². The maximum atomic E-state index is 5.44. The van der Waals surface area contributed by atoms with Gasteiger partial charge in [-0.15, -0.1) is 11.3 Å². The summed E-state index contributed by atoms with van der Waals surface area (Å²) in [7, 11) is 1.69. The van der Waals surface area contributed by atoms with E-state index in [9.17, 15) is 0 Å². The summed E-state index contributed by atoms with van der Waals surface area (Å²) in [5.41, 5.74) is 2.17. The summed E-state index contributed by atoms with van der Waals surface area (Å²) in [5, 5.41) is 1.16. The van der Waals surface area contributed by atoms with Crippen LogP contribution in [0.4, 0.5) is 5.69 Å². The number of rotatable bonds is 3. The average molecular weight is 310 g/mol. The molecule has 1 aliphatic rings. The van der Waals surface area contributed by atoms with Crippen LogP contribution >= 0.6 is 24.0 Å². The number of hydrogen-bond donors (Lipinski definition) is 1. The molecule has 0 radical (unpaired) electrons. The van der Waals surface area contributed by atoms with Crippen LogP contribution in [0.25, 0.3) is 10.2 Å². The van der Waals surface area contributed by atoms with Gasteiger partial charge in [0.05, 0.1) is 36.0 Å². The summed E-state index contributed by atoms with van der Waals surface area (Å²) in [4.78, 5) is 7.06. The monoisotopic (exact) mass is 310 g/mol. The van der Waals surface area contributed by atoms with E-state index in [1.54, 1.807) is 18.4 Å². The molecule has 1 unspecified atom stereocenters. The van der Waals surface area contributed by atoms with Crippen LogP contribution in [-0.2, 0) is 4.74 Å². The van der Waals surface area contributed by atoms with Crippen molar-refractivity contribution in [2.45, 2.75) is 12.2 Å². The smallest absolute Gasteiger partial charge is 0.146 e. The molecule has 1 aromatic carbocycles. The first kappa shape index (κ1) is 14.0. The van der Waals surface area contributed by atoms with Gasteiger partial charge in [0.25, 0.3) is 0 Å². The van der Waals surface area contributed by atoms with Crippen LogP contribution in [0.3, 0.4) is 0 Å². The highest BCUT2D eigenvalue weighted by Crippen LogP contribution is 2.40. The van der Waals surface area contributed by atoms with Crippen molar-refractivity contribution in [1.82, 2.24) is 4.98 Å². The third kappa shape index (κ3) is 2.47. The van der Waals surface area contributed by atoms with Crippen LogP contribution in [0.2, 0.25) is 0 Å². The van der Waals surface area contributed by atoms with E-state index in [1.807, 2.05) is 13.0 Å². The first-order chi connectivity index (χ1) is 9.70. The number of ether oxygens (including phenoxy) is 2. The highest BCUT2D eigenvalue weighted by atomic mass is 32.1. The molecule has 1 fully saturated rings. The summed E-state index contributed by atoms with van der Waals surface area (Å²) in [6, 6.07) is 4.12. The third-order valence-corrected chi connectivity index (χ3v) is 5.11. The van der Waals surface area contributed by atoms with Gasteiger partial charge in [0.2, 0.25) is 0 Å². The normalized spacial score (nSPS) is 17.4. The fraction of sp³-hybridized carbons (Fsp3) is 0.500. The Morgan fingerprint density at radius 2 is 2.15 bits per heavy atom. The Morgan fingerprint density at radius 1 is 1.40 bits per heavy atom. The lowest BCUT2D eigenvalue weighted by atomic mass is 10.2. The van der Waals surface area contributed by atoms with Gasteiger partial charge in [0.15, 0.2) is 0 Å². The standard InChI is InChI=1S/C14H18N2O2S2/c1-9(19)14-15-12-11(17-2)4-3-10(13(12)20-14)16-5-7-18-8-6-16/h3-4,9,19H,5-8H2,1-2H3. The summed E-state index contributed by atoms with van der Waals surface area (Å²) in [5.74, 6) is 0.827. The number of thiol groups is 1. The van der Waals surface area contributed by atoms with Gasteiger partial charge in [0, 0.05) is 13.1 Å². The quantitative estimate of drug-likeness (QED) is 0.883. The summed E-state index contributed by atoms with van der Waals surface area (Å²) < 4.78 is 12.1. The molecule has 0 bridgehead atoms. The van der Waals surface area contributed by atoms with Crippen molar-refractivity contribution in [1.29, 1.82) is 0 Å². The predicted octanol–water partition coefficient (Wildman–Crippen LogP) is 3.13. The molecular formula is C14H18N2O2S2. The molecule has 0 N–H and O–H groups in total. The Kier molecular flexibility index (Phi) is 4.05. The Morgan fingerprint density at radius 3 is 2.80 bits per heavy atom. The van der Waals surface area contributed by atoms with E-state index in [4.69, 9.17) is 14.5 Å². The molecule has 0 saturated carbocycles. The molecule has 108 valence electrons. The molecule has 3 rings (SSSR count). The van der Waals surface area contributed by atoms with Crippen molar-refractivity contribution in [3.05, 3.63) is 17.1 Å². The maximum Gasteiger partial charge on any atom is 0.146 e. The van der Waals surface area contributed by atoms with Crippen LogP contribution in [0, 0.1) is 0 Å². The van der Waals surface area contributed by atoms with E-state index in [2.05, 4.69) is 23.6 Å². The first-order valence-corrected chi connectivity index (χ1v) is 8.02. The molecule has 6 heteroatoms. The van der Waals surface area contributed by atoms with Gasteiger partial charge in [-0.25, -0.2) is 4.98 Å². The zero-order valence-corrected chi connectivity index (χ0v) is 13.3. The third-order valence-electron chi connectivity index (χ3n) is 3.43. The highest BCUT2D eigenvalue weighted by Gasteiger charge is 2.19. The predicted molar refractivity (Wildman–Crippen MR) is 86.6 cm³/mol. The number of thiazole rings is 1. The molecule has 0 spiro atoms. The molecule has 1 atom stereocenters. The van der Waals surface area contributed by atoms with Gasteiger partial charge < -0.3 is 14.4 Å². The van der Waals surface area contributed by atoms with Gasteiger partial charge in [-0.2, -0.15) is 12.6 Å². The van der Waals surface area contributed by atoms with Gasteiger partial charge >= 0.3 is 0 Å². The fourth-order valence-corrected chi connectivity index (χ4v) is 3.66. The second-order valence-electron chi connectivity index (χ2n) is 4.79. The minimum atomic E-state index is 0.134. The Labute approximate surface area is 128 Å². The zero-order chi connectivity index (χ0) is 14.1. The largest absolute Gasteiger partial charge is 0.494 e. The Bertz CT molecular complexity index is 606. The minimum absolute atomic E-state index is 0.134. The van der Waals surface area contributed by atoms with Crippen molar-refractivity contribution in [3.8, 4) is 5.75 Å². The molecule has 4 nitrogen and oxygen atoms in total. The van der Waals surface area contributed by atoms with Crippen LogP contribution in [0.5, 0.6) is 5.75 Å². The highest BCUT2D eigenvalue weighted by molar-refractivity contribution is 7.80. The summed E-state index contributed by atoms with van der Waals surface area (Å²) in [6.07, 6.45) is 0. The van der Waals surface area contributed by atoms with Crippen LogP contribution < -0.4 is 9.64 Å². The average Bonchev–Trinajstić information content (AvgIpc) is 2.92. The van der Waals surface area contributed by atoms with E-state index in [0.29, 0.717) is 0 Å². The lowest BCUT2D eigenvalue weighted by Gasteiger charge is -2.29. The van der Waals surface area contributed by atoms with E-state index >= 15 is 0 Å².